The molecular formula is C15H21N5O3. The molecule has 2 aromatic heterocycles. The second kappa shape index (κ2) is 5.96. The number of amides is 1. The van der Waals surface area contributed by atoms with E-state index in [0.717, 1.165) is 11.0 Å². The summed E-state index contributed by atoms with van der Waals surface area (Å²) in [6.07, 6.45) is 2.72. The van der Waals surface area contributed by atoms with E-state index in [1.165, 1.54) is 30.9 Å². The van der Waals surface area contributed by atoms with Crippen LogP contribution < -0.4 is 22.3 Å². The molecule has 8 heteroatoms. The van der Waals surface area contributed by atoms with E-state index in [-0.39, 0.29) is 16.9 Å². The molecule has 0 saturated carbocycles. The van der Waals surface area contributed by atoms with Gasteiger partial charge in [-0.1, -0.05) is 13.3 Å². The highest BCUT2D eigenvalue weighted by atomic mass is 16.2. The van der Waals surface area contributed by atoms with Crippen molar-refractivity contribution in [2.45, 2.75) is 32.2 Å². The minimum Gasteiger partial charge on any atom is -0.323 e. The van der Waals surface area contributed by atoms with Gasteiger partial charge in [-0.2, -0.15) is 0 Å². The van der Waals surface area contributed by atoms with Crippen molar-refractivity contribution in [3.05, 3.63) is 33.1 Å². The molecule has 124 valence electrons. The Morgan fingerprint density at radius 3 is 2.61 bits per heavy atom. The summed E-state index contributed by atoms with van der Waals surface area (Å²) in [6.45, 7) is 3.60. The Labute approximate surface area is 132 Å². The van der Waals surface area contributed by atoms with Crippen molar-refractivity contribution < 1.29 is 4.79 Å². The first kappa shape index (κ1) is 16.9. The van der Waals surface area contributed by atoms with Crippen LogP contribution in [0.5, 0.6) is 0 Å². The molecule has 0 saturated heterocycles. The lowest BCUT2D eigenvalue weighted by Crippen LogP contribution is -2.48. The van der Waals surface area contributed by atoms with Gasteiger partial charge in [-0.05, 0) is 19.4 Å². The molecule has 0 aliphatic heterocycles. The van der Waals surface area contributed by atoms with Crippen molar-refractivity contribution in [3.8, 4) is 0 Å². The number of anilines is 1. The average Bonchev–Trinajstić information content (AvgIpc) is 2.50. The lowest BCUT2D eigenvalue weighted by Gasteiger charge is -2.22. The van der Waals surface area contributed by atoms with Crippen LogP contribution in [0.2, 0.25) is 0 Å². The first-order valence-electron chi connectivity index (χ1n) is 7.35. The number of aryl methyl sites for hydroxylation is 1. The Hall–Kier alpha value is -2.48. The van der Waals surface area contributed by atoms with E-state index in [1.807, 2.05) is 6.92 Å². The lowest BCUT2D eigenvalue weighted by molar-refractivity contribution is -0.120. The van der Waals surface area contributed by atoms with Crippen LogP contribution in [0.15, 0.2) is 21.9 Å². The number of carbonyl (C=O) groups is 1. The normalized spacial score (nSPS) is 13.8. The molecule has 0 radical (unpaired) electrons. The first-order chi connectivity index (χ1) is 10.7. The van der Waals surface area contributed by atoms with E-state index in [9.17, 15) is 14.4 Å². The van der Waals surface area contributed by atoms with E-state index in [1.54, 1.807) is 6.92 Å². The summed E-state index contributed by atoms with van der Waals surface area (Å²) in [5.74, 6) is -0.345. The highest BCUT2D eigenvalue weighted by Crippen LogP contribution is 2.15. The average molecular weight is 319 g/mol. The number of hydrogen-bond donors (Lipinski definition) is 2. The fourth-order valence-corrected chi connectivity index (χ4v) is 2.44. The number of carbonyl (C=O) groups excluding carboxylic acids is 1. The van der Waals surface area contributed by atoms with Crippen LogP contribution in [0.25, 0.3) is 11.0 Å². The standard InChI is InChI=1S/C15H21N5O3/c1-5-6-15(2,16)13(22)18-9-7-10-11(17-8-9)19(3)14(23)20(4)12(10)21/h7-8H,5-6,16H2,1-4H3,(H,18,22). The van der Waals surface area contributed by atoms with Crippen LogP contribution in [0, 0.1) is 0 Å². The molecule has 1 atom stereocenters. The molecule has 2 aromatic rings. The molecule has 23 heavy (non-hydrogen) atoms. The van der Waals surface area contributed by atoms with Gasteiger partial charge < -0.3 is 11.1 Å². The molecule has 2 heterocycles. The molecule has 0 fully saturated rings. The Morgan fingerprint density at radius 2 is 2.00 bits per heavy atom. The molecular weight excluding hydrogens is 298 g/mol. The molecule has 1 unspecified atom stereocenters. The highest BCUT2D eigenvalue weighted by Gasteiger charge is 2.27. The molecule has 0 bridgehead atoms. The number of nitrogens with two attached hydrogens (primary N) is 1. The van der Waals surface area contributed by atoms with Crippen molar-refractivity contribution in [1.29, 1.82) is 0 Å². The number of fused-ring (bicyclic) bond motifs is 1. The summed E-state index contributed by atoms with van der Waals surface area (Å²) in [5.41, 5.74) is 4.70. The smallest absolute Gasteiger partial charge is 0.323 e. The predicted molar refractivity (Wildman–Crippen MR) is 88.4 cm³/mol. The second-order valence-corrected chi connectivity index (χ2v) is 5.92. The highest BCUT2D eigenvalue weighted by molar-refractivity contribution is 5.98. The summed E-state index contributed by atoms with van der Waals surface area (Å²) < 4.78 is 2.28. The van der Waals surface area contributed by atoms with Gasteiger partial charge >= 0.3 is 5.69 Å². The Balaban J connectivity index is 2.48. The van der Waals surface area contributed by atoms with Crippen LogP contribution in [0.1, 0.15) is 26.7 Å². The summed E-state index contributed by atoms with van der Waals surface area (Å²) in [6, 6.07) is 1.50. The van der Waals surface area contributed by atoms with Crippen LogP contribution in [0.4, 0.5) is 5.69 Å². The SMILES string of the molecule is CCCC(C)(N)C(=O)Nc1cnc2c(c1)c(=O)n(C)c(=O)n2C. The van der Waals surface area contributed by atoms with E-state index in [0.29, 0.717) is 12.1 Å². The van der Waals surface area contributed by atoms with Crippen LogP contribution in [0.3, 0.4) is 0 Å². The van der Waals surface area contributed by atoms with Crippen molar-refractivity contribution in [2.24, 2.45) is 19.8 Å². The zero-order valence-electron chi connectivity index (χ0n) is 13.7. The van der Waals surface area contributed by atoms with Gasteiger partial charge in [0.05, 0.1) is 22.8 Å². The zero-order chi connectivity index (χ0) is 17.4. The van der Waals surface area contributed by atoms with E-state index in [2.05, 4.69) is 10.3 Å². The number of rotatable bonds is 4. The number of aromatic nitrogens is 3. The maximum Gasteiger partial charge on any atom is 0.332 e. The third-order valence-corrected chi connectivity index (χ3v) is 3.84. The van der Waals surface area contributed by atoms with Gasteiger partial charge in [0.1, 0.15) is 5.65 Å². The summed E-state index contributed by atoms with van der Waals surface area (Å²) in [4.78, 5) is 40.4. The molecule has 1 amide bonds. The number of hydrogen-bond acceptors (Lipinski definition) is 5. The molecule has 8 nitrogen and oxygen atoms in total. The maximum atomic E-state index is 12.2. The Morgan fingerprint density at radius 1 is 1.35 bits per heavy atom. The summed E-state index contributed by atoms with van der Waals surface area (Å²) >= 11 is 0. The lowest BCUT2D eigenvalue weighted by atomic mass is 9.96. The second-order valence-electron chi connectivity index (χ2n) is 5.92. The van der Waals surface area contributed by atoms with Gasteiger partial charge in [0, 0.05) is 14.1 Å². The third kappa shape index (κ3) is 3.02. The number of nitrogens with one attached hydrogen (secondary N) is 1. The van der Waals surface area contributed by atoms with Crippen LogP contribution in [-0.4, -0.2) is 25.6 Å². The molecule has 0 aliphatic rings. The summed E-state index contributed by atoms with van der Waals surface area (Å²) in [7, 11) is 2.93. The van der Waals surface area contributed by atoms with E-state index >= 15 is 0 Å². The number of nitrogens with zero attached hydrogens (tertiary/aromatic N) is 3. The van der Waals surface area contributed by atoms with Crippen molar-refractivity contribution in [1.82, 2.24) is 14.1 Å². The largest absolute Gasteiger partial charge is 0.332 e. The molecule has 2 rings (SSSR count). The first-order valence-corrected chi connectivity index (χ1v) is 7.35. The zero-order valence-corrected chi connectivity index (χ0v) is 13.7. The minimum absolute atomic E-state index is 0.251. The van der Waals surface area contributed by atoms with Gasteiger partial charge in [0.2, 0.25) is 5.91 Å². The Bertz CT molecular complexity index is 879. The molecule has 0 aliphatic carbocycles. The van der Waals surface area contributed by atoms with Gasteiger partial charge in [0.25, 0.3) is 5.56 Å². The van der Waals surface area contributed by atoms with Gasteiger partial charge in [0.15, 0.2) is 0 Å². The van der Waals surface area contributed by atoms with Gasteiger partial charge in [-0.3, -0.25) is 18.7 Å². The minimum atomic E-state index is -1.00. The summed E-state index contributed by atoms with van der Waals surface area (Å²) in [5, 5.41) is 2.93. The van der Waals surface area contributed by atoms with Crippen LogP contribution >= 0.6 is 0 Å². The van der Waals surface area contributed by atoms with E-state index in [4.69, 9.17) is 5.73 Å². The van der Waals surface area contributed by atoms with Gasteiger partial charge in [-0.15, -0.1) is 0 Å². The van der Waals surface area contributed by atoms with Crippen molar-refractivity contribution in [3.63, 3.8) is 0 Å². The Kier molecular flexibility index (Phi) is 4.37. The van der Waals surface area contributed by atoms with Crippen molar-refractivity contribution >= 4 is 22.6 Å². The fourth-order valence-electron chi connectivity index (χ4n) is 2.44. The monoisotopic (exact) mass is 319 g/mol. The third-order valence-electron chi connectivity index (χ3n) is 3.84. The van der Waals surface area contributed by atoms with Crippen molar-refractivity contribution in [2.75, 3.05) is 5.32 Å². The predicted octanol–water partition coefficient (Wildman–Crippen LogP) is 0.0882. The topological polar surface area (TPSA) is 112 Å². The van der Waals surface area contributed by atoms with Crippen LogP contribution in [-0.2, 0) is 18.9 Å². The maximum absolute atomic E-state index is 12.2. The van der Waals surface area contributed by atoms with Gasteiger partial charge in [-0.25, -0.2) is 9.78 Å². The fraction of sp³-hybridized carbons (Fsp3) is 0.467. The van der Waals surface area contributed by atoms with E-state index < -0.39 is 16.8 Å². The molecule has 0 spiro atoms. The number of pyridine rings is 1. The quantitative estimate of drug-likeness (QED) is 0.829. The molecule has 0 aromatic carbocycles. The molecule has 3 N–H and O–H groups in total.